The van der Waals surface area contributed by atoms with E-state index in [9.17, 15) is 0 Å². The van der Waals surface area contributed by atoms with Crippen molar-refractivity contribution in [2.75, 3.05) is 0 Å². The molecule has 0 atom stereocenters. The summed E-state index contributed by atoms with van der Waals surface area (Å²) in [5.74, 6) is 1.42. The van der Waals surface area contributed by atoms with Crippen LogP contribution in [0, 0.1) is 20.3 Å². The van der Waals surface area contributed by atoms with E-state index in [0.29, 0.717) is 0 Å². The van der Waals surface area contributed by atoms with Crippen molar-refractivity contribution < 1.29 is 32.7 Å². The predicted octanol–water partition coefficient (Wildman–Crippen LogP) is 3.30. The number of rotatable bonds is 0. The van der Waals surface area contributed by atoms with Gasteiger partial charge in [-0.15, -0.1) is 0 Å². The van der Waals surface area contributed by atoms with Crippen molar-refractivity contribution in [3.63, 3.8) is 0 Å². The third-order valence-electron chi connectivity index (χ3n) is 0. The standard InChI is InChI=1S/C4H9.C3H7.CH3.Y/c1-4(2)3;1-3-2;;/h1-3H3;1,3H2,2H3;1H3;/q3*-1;+3. The molecule has 0 aromatic carbocycles. The molecule has 9 heavy (non-hydrogen) atoms. The summed E-state index contributed by atoms with van der Waals surface area (Å²) in [7, 11) is 0. The minimum absolute atomic E-state index is 0. The molecule has 0 N–H and O–H groups in total. The molecule has 0 unspecified atom stereocenters. The van der Waals surface area contributed by atoms with Gasteiger partial charge in [0.15, 0.2) is 0 Å². The Hall–Kier alpha value is 1.10. The molecule has 0 amide bonds. The molecule has 0 rings (SSSR count). The Bertz CT molecular complexity index is 15.8. The first kappa shape index (κ1) is 22.5. The van der Waals surface area contributed by atoms with E-state index in [1.807, 2.05) is 6.92 Å². The van der Waals surface area contributed by atoms with Gasteiger partial charge in [0.05, 0.1) is 0 Å². The van der Waals surface area contributed by atoms with Gasteiger partial charge in [-0.2, -0.15) is 27.2 Å². The maximum atomic E-state index is 3.49. The van der Waals surface area contributed by atoms with Gasteiger partial charge in [0.1, 0.15) is 0 Å². The molecule has 0 nitrogen and oxygen atoms in total. The average molecular weight is 204 g/mol. The van der Waals surface area contributed by atoms with Crippen molar-refractivity contribution in [2.45, 2.75) is 34.1 Å². The van der Waals surface area contributed by atoms with Crippen LogP contribution in [-0.4, -0.2) is 0 Å². The summed E-state index contributed by atoms with van der Waals surface area (Å²) in [6, 6.07) is 0. The van der Waals surface area contributed by atoms with Crippen molar-refractivity contribution in [1.29, 1.82) is 0 Å². The smallest absolute Gasteiger partial charge is 0.358 e. The van der Waals surface area contributed by atoms with E-state index in [1.165, 1.54) is 5.92 Å². The topological polar surface area (TPSA) is 0 Å². The molecular weight excluding hydrogens is 185 g/mol. The second-order valence-corrected chi connectivity index (χ2v) is 2.00. The number of hydrogen-bond acceptors (Lipinski definition) is 0. The Labute approximate surface area is 86.7 Å². The zero-order valence-electron chi connectivity index (χ0n) is 7.49. The van der Waals surface area contributed by atoms with Crippen molar-refractivity contribution in [1.82, 2.24) is 0 Å². The van der Waals surface area contributed by atoms with Gasteiger partial charge in [0.2, 0.25) is 0 Å². The molecule has 0 saturated heterocycles. The van der Waals surface area contributed by atoms with Crippen molar-refractivity contribution in [2.24, 2.45) is 0 Å². The molecule has 0 spiro atoms. The Morgan fingerprint density at radius 3 is 1.22 bits per heavy atom. The summed E-state index contributed by atoms with van der Waals surface area (Å²) >= 11 is 0. The normalized spacial score (nSPS) is 6.00. The fourth-order valence-corrected chi connectivity index (χ4v) is 0. The second kappa shape index (κ2) is 23.0. The van der Waals surface area contributed by atoms with E-state index >= 15 is 0 Å². The van der Waals surface area contributed by atoms with Crippen LogP contribution in [0.4, 0.5) is 0 Å². The first-order valence-corrected chi connectivity index (χ1v) is 2.71. The van der Waals surface area contributed by atoms with E-state index < -0.39 is 0 Å². The van der Waals surface area contributed by atoms with Crippen LogP contribution in [0.15, 0.2) is 0 Å². The molecule has 0 aromatic heterocycles. The molecule has 54 valence electrons. The first-order valence-electron chi connectivity index (χ1n) is 2.71. The zero-order valence-corrected chi connectivity index (χ0v) is 10.3. The summed E-state index contributed by atoms with van der Waals surface area (Å²) in [4.78, 5) is 0. The van der Waals surface area contributed by atoms with Gasteiger partial charge in [-0.3, -0.25) is 0 Å². The SMILES string of the molecule is C[C-](C)C.[CH2-]CC.[CH3-].[Y+3]. The van der Waals surface area contributed by atoms with E-state index in [4.69, 9.17) is 0 Å². The van der Waals surface area contributed by atoms with Crippen molar-refractivity contribution >= 4 is 0 Å². The minimum atomic E-state index is 0. The molecule has 0 aliphatic heterocycles. The molecule has 0 aromatic rings. The Morgan fingerprint density at radius 1 is 1.22 bits per heavy atom. The monoisotopic (exact) mass is 204 g/mol. The maximum absolute atomic E-state index is 3.49. The van der Waals surface area contributed by atoms with Gasteiger partial charge in [0.25, 0.3) is 0 Å². The van der Waals surface area contributed by atoms with E-state index in [-0.39, 0.29) is 40.1 Å². The van der Waals surface area contributed by atoms with Crippen LogP contribution >= 0.6 is 0 Å². The molecule has 0 aliphatic rings. The largest absolute Gasteiger partial charge is 3.00 e. The van der Waals surface area contributed by atoms with Crippen LogP contribution < -0.4 is 0 Å². The summed E-state index contributed by atoms with van der Waals surface area (Å²) in [6.07, 6.45) is 1.00. The third kappa shape index (κ3) is 377. The van der Waals surface area contributed by atoms with Crippen molar-refractivity contribution in [3.8, 4) is 0 Å². The summed E-state index contributed by atoms with van der Waals surface area (Å²) < 4.78 is 0. The third-order valence-corrected chi connectivity index (χ3v) is 0. The fraction of sp³-hybridized carbons (Fsp3) is 0.625. The Kier molecular flexibility index (Phi) is 57.3. The molecule has 0 heterocycles. The summed E-state index contributed by atoms with van der Waals surface area (Å²) in [5, 5.41) is 0. The van der Waals surface area contributed by atoms with Crippen molar-refractivity contribution in [3.05, 3.63) is 20.3 Å². The Morgan fingerprint density at radius 2 is 1.22 bits per heavy atom. The molecule has 0 aliphatic carbocycles. The number of hydrogen-bond donors (Lipinski definition) is 0. The second-order valence-electron chi connectivity index (χ2n) is 2.00. The molecule has 0 saturated carbocycles. The fourth-order valence-electron chi connectivity index (χ4n) is 0. The Balaban J connectivity index is -0.0000000233. The summed E-state index contributed by atoms with van der Waals surface area (Å²) in [5.41, 5.74) is 0. The van der Waals surface area contributed by atoms with E-state index in [0.717, 1.165) is 6.42 Å². The van der Waals surface area contributed by atoms with Crippen LogP contribution in [0.1, 0.15) is 34.1 Å². The predicted molar refractivity (Wildman–Crippen MR) is 42.3 cm³/mol. The molecular formula is C8H19Y. The van der Waals surface area contributed by atoms with E-state index in [2.05, 4.69) is 27.7 Å². The molecule has 0 bridgehead atoms. The van der Waals surface area contributed by atoms with Crippen LogP contribution in [0.3, 0.4) is 0 Å². The zero-order chi connectivity index (χ0) is 6.28. The quantitative estimate of drug-likeness (QED) is 0.531. The minimum Gasteiger partial charge on any atom is -0.358 e. The average Bonchev–Trinajstić information content (AvgIpc) is 1.33. The maximum Gasteiger partial charge on any atom is 3.00 e. The van der Waals surface area contributed by atoms with Gasteiger partial charge in [-0.1, -0.05) is 6.92 Å². The van der Waals surface area contributed by atoms with Crippen LogP contribution in [0.25, 0.3) is 0 Å². The van der Waals surface area contributed by atoms with Crippen LogP contribution in [-0.2, 0) is 32.7 Å². The summed E-state index contributed by atoms with van der Waals surface area (Å²) in [6.45, 7) is 11.8. The van der Waals surface area contributed by atoms with Gasteiger partial charge in [-0.05, 0) is 0 Å². The first-order chi connectivity index (χ1) is 3.15. The molecule has 0 radical (unpaired) electrons. The molecule has 1 heteroatoms. The molecule has 0 fully saturated rings. The van der Waals surface area contributed by atoms with Crippen LogP contribution in [0.2, 0.25) is 0 Å². The van der Waals surface area contributed by atoms with Crippen LogP contribution in [0.5, 0.6) is 0 Å². The van der Waals surface area contributed by atoms with Gasteiger partial charge in [-0.25, -0.2) is 0 Å². The van der Waals surface area contributed by atoms with Gasteiger partial charge >= 0.3 is 32.7 Å². The van der Waals surface area contributed by atoms with E-state index in [1.54, 1.807) is 0 Å². The van der Waals surface area contributed by atoms with Gasteiger partial charge < -0.3 is 20.3 Å². The van der Waals surface area contributed by atoms with Gasteiger partial charge in [0, 0.05) is 0 Å².